The molecule has 3 heterocycles. The minimum absolute atomic E-state index is 0.0436. The summed E-state index contributed by atoms with van der Waals surface area (Å²) in [6.45, 7) is 5.09. The first kappa shape index (κ1) is 18.2. The van der Waals surface area contributed by atoms with Crippen molar-refractivity contribution >= 4 is 5.97 Å². The zero-order chi connectivity index (χ0) is 18.9. The van der Waals surface area contributed by atoms with Gasteiger partial charge in [-0.2, -0.15) is 5.10 Å². The Morgan fingerprint density at radius 3 is 2.81 bits per heavy atom. The summed E-state index contributed by atoms with van der Waals surface area (Å²) >= 11 is 0. The third-order valence-electron chi connectivity index (χ3n) is 6.15. The first-order chi connectivity index (χ1) is 13.2. The van der Waals surface area contributed by atoms with E-state index in [0.717, 1.165) is 50.3 Å². The van der Waals surface area contributed by atoms with Crippen LogP contribution in [-0.4, -0.2) is 44.7 Å². The summed E-state index contributed by atoms with van der Waals surface area (Å²) in [6.07, 6.45) is 4.59. The zero-order valence-corrected chi connectivity index (χ0v) is 16.1. The molecule has 6 heteroatoms. The van der Waals surface area contributed by atoms with E-state index in [9.17, 15) is 4.79 Å². The summed E-state index contributed by atoms with van der Waals surface area (Å²) in [7, 11) is 0. The molecule has 1 aromatic carbocycles. The number of aromatic nitrogens is 3. The SMILES string of the molecule is CCOC(=O)[C@@]1(Cc2ccccc2)C[C@H]2CC[C@@H]1N2Cc1nc(CC)n[nH]1. The number of hydrogen-bond acceptors (Lipinski definition) is 5. The van der Waals surface area contributed by atoms with E-state index >= 15 is 0 Å². The average Bonchev–Trinajstić information content (AvgIpc) is 3.37. The number of hydrogen-bond donors (Lipinski definition) is 1. The van der Waals surface area contributed by atoms with Gasteiger partial charge in [0, 0.05) is 18.5 Å². The lowest BCUT2D eigenvalue weighted by atomic mass is 9.70. The number of carbonyl (C=O) groups excluding carboxylic acids is 1. The van der Waals surface area contributed by atoms with Crippen LogP contribution < -0.4 is 0 Å². The first-order valence-electron chi connectivity index (χ1n) is 10.0. The van der Waals surface area contributed by atoms with E-state index in [0.29, 0.717) is 12.6 Å². The monoisotopic (exact) mass is 368 g/mol. The van der Waals surface area contributed by atoms with Crippen molar-refractivity contribution in [2.45, 2.75) is 64.6 Å². The van der Waals surface area contributed by atoms with Crippen LogP contribution in [0.4, 0.5) is 0 Å². The fourth-order valence-corrected chi connectivity index (χ4v) is 5.00. The van der Waals surface area contributed by atoms with Gasteiger partial charge in [-0.1, -0.05) is 37.3 Å². The van der Waals surface area contributed by atoms with Gasteiger partial charge in [-0.25, -0.2) is 4.98 Å². The third-order valence-corrected chi connectivity index (χ3v) is 6.15. The first-order valence-corrected chi connectivity index (χ1v) is 10.0. The zero-order valence-electron chi connectivity index (χ0n) is 16.1. The van der Waals surface area contributed by atoms with Crippen molar-refractivity contribution in [3.8, 4) is 0 Å². The maximum absolute atomic E-state index is 13.1. The molecule has 1 N–H and O–H groups in total. The summed E-state index contributed by atoms with van der Waals surface area (Å²) in [5, 5.41) is 7.33. The van der Waals surface area contributed by atoms with Gasteiger partial charge in [0.15, 0.2) is 0 Å². The van der Waals surface area contributed by atoms with E-state index in [4.69, 9.17) is 4.74 Å². The van der Waals surface area contributed by atoms with Gasteiger partial charge in [0.1, 0.15) is 11.6 Å². The van der Waals surface area contributed by atoms with Crippen molar-refractivity contribution in [3.05, 3.63) is 47.5 Å². The van der Waals surface area contributed by atoms with Crippen LogP contribution in [0.1, 0.15) is 50.3 Å². The van der Waals surface area contributed by atoms with Crippen molar-refractivity contribution in [3.63, 3.8) is 0 Å². The van der Waals surface area contributed by atoms with E-state index < -0.39 is 5.41 Å². The third kappa shape index (κ3) is 3.27. The van der Waals surface area contributed by atoms with Crippen LogP contribution in [-0.2, 0) is 28.9 Å². The van der Waals surface area contributed by atoms with Crippen molar-refractivity contribution in [2.75, 3.05) is 6.61 Å². The number of nitrogens with one attached hydrogen (secondary N) is 1. The standard InChI is InChI=1S/C21H28N4O2/c1-3-18-22-19(24-23-18)14-25-16-10-11-17(25)21(13-16,20(26)27-4-2)12-15-8-6-5-7-9-15/h5-9,16-17H,3-4,10-14H2,1-2H3,(H,22,23,24)/t16-,17+,21+/m1/s1. The Morgan fingerprint density at radius 1 is 1.30 bits per heavy atom. The molecule has 2 aliphatic heterocycles. The molecule has 2 fully saturated rings. The number of nitrogens with zero attached hydrogens (tertiary/aromatic N) is 3. The van der Waals surface area contributed by atoms with Crippen LogP contribution in [0.5, 0.6) is 0 Å². The van der Waals surface area contributed by atoms with Crippen molar-refractivity contribution in [1.29, 1.82) is 0 Å². The minimum Gasteiger partial charge on any atom is -0.466 e. The molecular formula is C21H28N4O2. The molecule has 2 saturated heterocycles. The summed E-state index contributed by atoms with van der Waals surface area (Å²) in [4.78, 5) is 20.2. The molecule has 0 aliphatic carbocycles. The van der Waals surface area contributed by atoms with Crippen molar-refractivity contribution in [1.82, 2.24) is 20.1 Å². The highest BCUT2D eigenvalue weighted by Crippen LogP contribution is 2.52. The molecule has 1 aromatic heterocycles. The molecule has 0 saturated carbocycles. The van der Waals surface area contributed by atoms with Crippen LogP contribution in [0.15, 0.2) is 30.3 Å². The molecule has 0 spiro atoms. The van der Waals surface area contributed by atoms with Crippen LogP contribution in [0.2, 0.25) is 0 Å². The molecule has 3 atom stereocenters. The molecule has 0 radical (unpaired) electrons. The predicted molar refractivity (Wildman–Crippen MR) is 102 cm³/mol. The lowest BCUT2D eigenvalue weighted by molar-refractivity contribution is -0.157. The van der Waals surface area contributed by atoms with Gasteiger partial charge in [0.2, 0.25) is 0 Å². The molecular weight excluding hydrogens is 340 g/mol. The van der Waals surface area contributed by atoms with Crippen molar-refractivity contribution < 1.29 is 9.53 Å². The molecule has 2 aliphatic rings. The van der Waals surface area contributed by atoms with Gasteiger partial charge in [0.05, 0.1) is 18.6 Å². The molecule has 2 bridgehead atoms. The van der Waals surface area contributed by atoms with Crippen LogP contribution in [0, 0.1) is 5.41 Å². The molecule has 144 valence electrons. The Morgan fingerprint density at radius 2 is 2.11 bits per heavy atom. The van der Waals surface area contributed by atoms with Gasteiger partial charge in [-0.05, 0) is 38.2 Å². The average molecular weight is 368 g/mol. The maximum atomic E-state index is 13.1. The lowest BCUT2D eigenvalue weighted by Crippen LogP contribution is -2.46. The van der Waals surface area contributed by atoms with Gasteiger partial charge >= 0.3 is 5.97 Å². The molecule has 4 rings (SSSR count). The Labute approximate surface area is 160 Å². The normalized spacial score (nSPS) is 27.2. The summed E-state index contributed by atoms with van der Waals surface area (Å²) < 4.78 is 5.57. The summed E-state index contributed by atoms with van der Waals surface area (Å²) in [6, 6.07) is 10.9. The fourth-order valence-electron chi connectivity index (χ4n) is 5.00. The second kappa shape index (κ2) is 7.43. The summed E-state index contributed by atoms with van der Waals surface area (Å²) in [5.74, 6) is 1.69. The van der Waals surface area contributed by atoms with E-state index in [-0.39, 0.29) is 12.0 Å². The lowest BCUT2D eigenvalue weighted by Gasteiger charge is -2.35. The largest absolute Gasteiger partial charge is 0.466 e. The number of esters is 1. The van der Waals surface area contributed by atoms with E-state index in [2.05, 4.69) is 39.1 Å². The Kier molecular flexibility index (Phi) is 5.00. The highest BCUT2D eigenvalue weighted by molar-refractivity contribution is 5.79. The fraction of sp³-hybridized carbons (Fsp3) is 0.571. The second-order valence-corrected chi connectivity index (χ2v) is 7.71. The molecule has 27 heavy (non-hydrogen) atoms. The van der Waals surface area contributed by atoms with Gasteiger partial charge in [0.25, 0.3) is 0 Å². The molecule has 2 aromatic rings. The number of H-pyrrole nitrogens is 1. The van der Waals surface area contributed by atoms with Crippen LogP contribution in [0.3, 0.4) is 0 Å². The van der Waals surface area contributed by atoms with E-state index in [1.165, 1.54) is 5.56 Å². The highest BCUT2D eigenvalue weighted by atomic mass is 16.5. The number of carbonyl (C=O) groups is 1. The second-order valence-electron chi connectivity index (χ2n) is 7.71. The summed E-state index contributed by atoms with van der Waals surface area (Å²) in [5.41, 5.74) is 0.736. The molecule has 0 unspecified atom stereocenters. The minimum atomic E-state index is -0.464. The number of benzene rings is 1. The molecule has 0 amide bonds. The smallest absolute Gasteiger partial charge is 0.314 e. The Balaban J connectivity index is 1.61. The number of ether oxygens (including phenoxy) is 1. The van der Waals surface area contributed by atoms with Crippen LogP contribution >= 0.6 is 0 Å². The van der Waals surface area contributed by atoms with E-state index in [1.54, 1.807) is 0 Å². The number of rotatable bonds is 7. The van der Waals surface area contributed by atoms with Crippen molar-refractivity contribution in [2.24, 2.45) is 5.41 Å². The van der Waals surface area contributed by atoms with E-state index in [1.807, 2.05) is 25.1 Å². The van der Waals surface area contributed by atoms with Crippen LogP contribution in [0.25, 0.3) is 0 Å². The van der Waals surface area contributed by atoms with Gasteiger partial charge < -0.3 is 4.74 Å². The molecule has 6 nitrogen and oxygen atoms in total. The number of fused-ring (bicyclic) bond motifs is 2. The maximum Gasteiger partial charge on any atom is 0.314 e. The Bertz CT molecular complexity index is 790. The van der Waals surface area contributed by atoms with Gasteiger partial charge in [-0.3, -0.25) is 14.8 Å². The quantitative estimate of drug-likeness (QED) is 0.761. The van der Waals surface area contributed by atoms with Gasteiger partial charge in [-0.15, -0.1) is 0 Å². The number of aromatic amines is 1. The predicted octanol–water partition coefficient (Wildman–Crippen LogP) is 2.90. The topological polar surface area (TPSA) is 71.1 Å². The highest BCUT2D eigenvalue weighted by Gasteiger charge is 2.60. The number of aryl methyl sites for hydroxylation is 1. The Hall–Kier alpha value is -2.21.